The standard InChI is InChI=1S/C18H16F3N3O2/c1-11(25)24-16-10-22-15-4-3-13(8-14(15)16)26-7-6-12-2-5-17(23-9-12)18(19,20)21/h2-5,8-10,22H,6-7H2,1H3,(H,24,25). The van der Waals surface area contributed by atoms with E-state index in [-0.39, 0.29) is 5.91 Å². The molecule has 0 aliphatic carbocycles. The van der Waals surface area contributed by atoms with Crippen molar-refractivity contribution in [2.24, 2.45) is 0 Å². The van der Waals surface area contributed by atoms with Crippen LogP contribution in [0.15, 0.2) is 42.7 Å². The number of fused-ring (bicyclic) bond motifs is 1. The van der Waals surface area contributed by atoms with Crippen LogP contribution < -0.4 is 10.1 Å². The molecule has 2 heterocycles. The summed E-state index contributed by atoms with van der Waals surface area (Å²) >= 11 is 0. The van der Waals surface area contributed by atoms with E-state index in [1.807, 2.05) is 6.07 Å². The molecule has 2 aromatic heterocycles. The normalized spacial score (nSPS) is 11.5. The van der Waals surface area contributed by atoms with Crippen molar-refractivity contribution in [1.82, 2.24) is 9.97 Å². The highest BCUT2D eigenvalue weighted by Gasteiger charge is 2.31. The van der Waals surface area contributed by atoms with E-state index < -0.39 is 11.9 Å². The third-order valence-electron chi connectivity index (χ3n) is 3.74. The van der Waals surface area contributed by atoms with Crippen molar-refractivity contribution in [3.05, 3.63) is 54.0 Å². The quantitative estimate of drug-likeness (QED) is 0.715. The Kier molecular flexibility index (Phi) is 4.83. The number of aromatic nitrogens is 2. The lowest BCUT2D eigenvalue weighted by Crippen LogP contribution is -2.08. The van der Waals surface area contributed by atoms with Gasteiger partial charge in [0.1, 0.15) is 11.4 Å². The first kappa shape index (κ1) is 17.8. The van der Waals surface area contributed by atoms with E-state index in [4.69, 9.17) is 4.74 Å². The zero-order valence-electron chi connectivity index (χ0n) is 13.9. The second kappa shape index (κ2) is 7.07. The number of alkyl halides is 3. The molecule has 0 spiro atoms. The van der Waals surface area contributed by atoms with E-state index in [2.05, 4.69) is 15.3 Å². The van der Waals surface area contributed by atoms with Gasteiger partial charge in [-0.2, -0.15) is 13.2 Å². The summed E-state index contributed by atoms with van der Waals surface area (Å²) in [4.78, 5) is 17.7. The lowest BCUT2D eigenvalue weighted by molar-refractivity contribution is -0.141. The molecule has 3 rings (SSSR count). The van der Waals surface area contributed by atoms with Gasteiger partial charge in [-0.3, -0.25) is 9.78 Å². The third kappa shape index (κ3) is 4.14. The van der Waals surface area contributed by atoms with Crippen molar-refractivity contribution >= 4 is 22.5 Å². The molecule has 1 aromatic carbocycles. The van der Waals surface area contributed by atoms with Crippen molar-refractivity contribution in [2.45, 2.75) is 19.5 Å². The smallest absolute Gasteiger partial charge is 0.433 e. The number of hydrogen-bond donors (Lipinski definition) is 2. The van der Waals surface area contributed by atoms with Crippen molar-refractivity contribution in [3.8, 4) is 5.75 Å². The number of ether oxygens (including phenoxy) is 1. The Hall–Kier alpha value is -3.03. The van der Waals surface area contributed by atoms with Gasteiger partial charge in [0.2, 0.25) is 5.91 Å². The van der Waals surface area contributed by atoms with Gasteiger partial charge < -0.3 is 15.0 Å². The summed E-state index contributed by atoms with van der Waals surface area (Å²) in [5, 5.41) is 3.54. The Morgan fingerprint density at radius 1 is 1.27 bits per heavy atom. The molecule has 136 valence electrons. The zero-order valence-corrected chi connectivity index (χ0v) is 13.9. The first-order valence-corrected chi connectivity index (χ1v) is 7.86. The molecular formula is C18H16F3N3O2. The number of aromatic amines is 1. The fourth-order valence-corrected chi connectivity index (χ4v) is 2.51. The van der Waals surface area contributed by atoms with E-state index >= 15 is 0 Å². The molecule has 0 saturated carbocycles. The summed E-state index contributed by atoms with van der Waals surface area (Å²) in [6, 6.07) is 7.75. The van der Waals surface area contributed by atoms with Gasteiger partial charge in [-0.1, -0.05) is 6.07 Å². The number of carbonyl (C=O) groups is 1. The average molecular weight is 363 g/mol. The summed E-state index contributed by atoms with van der Waals surface area (Å²) in [6.45, 7) is 1.72. The van der Waals surface area contributed by atoms with Crippen LogP contribution in [0.3, 0.4) is 0 Å². The molecule has 0 atom stereocenters. The molecule has 0 radical (unpaired) electrons. The lowest BCUT2D eigenvalue weighted by atomic mass is 10.2. The SMILES string of the molecule is CC(=O)Nc1c[nH]c2ccc(OCCc3ccc(C(F)(F)F)nc3)cc12. The van der Waals surface area contributed by atoms with Crippen LogP contribution in [0.4, 0.5) is 18.9 Å². The second-order valence-electron chi connectivity index (χ2n) is 5.74. The molecule has 0 bridgehead atoms. The van der Waals surface area contributed by atoms with Crippen molar-refractivity contribution in [1.29, 1.82) is 0 Å². The summed E-state index contributed by atoms with van der Waals surface area (Å²) in [6.07, 6.45) is -1.11. The van der Waals surface area contributed by atoms with Crippen molar-refractivity contribution < 1.29 is 22.7 Å². The molecule has 0 unspecified atom stereocenters. The number of nitrogens with zero attached hydrogens (tertiary/aromatic N) is 1. The second-order valence-corrected chi connectivity index (χ2v) is 5.74. The van der Waals surface area contributed by atoms with Crippen molar-refractivity contribution in [3.63, 3.8) is 0 Å². The maximum atomic E-state index is 12.5. The molecule has 0 saturated heterocycles. The third-order valence-corrected chi connectivity index (χ3v) is 3.74. The number of hydrogen-bond acceptors (Lipinski definition) is 3. The van der Waals surface area contributed by atoms with Gasteiger partial charge in [0.05, 0.1) is 12.3 Å². The van der Waals surface area contributed by atoms with Crippen LogP contribution in [0.1, 0.15) is 18.2 Å². The van der Waals surface area contributed by atoms with E-state index in [0.29, 0.717) is 30.0 Å². The largest absolute Gasteiger partial charge is 0.493 e. The van der Waals surface area contributed by atoms with Gasteiger partial charge in [-0.15, -0.1) is 0 Å². The number of rotatable bonds is 5. The Labute approximate surface area is 147 Å². The molecule has 0 fully saturated rings. The number of amides is 1. The molecule has 2 N–H and O–H groups in total. The topological polar surface area (TPSA) is 67.0 Å². The molecule has 0 aliphatic heterocycles. The van der Waals surface area contributed by atoms with Crippen LogP contribution in [-0.2, 0) is 17.4 Å². The van der Waals surface area contributed by atoms with Gasteiger partial charge in [0, 0.05) is 36.6 Å². The average Bonchev–Trinajstić information content (AvgIpc) is 2.96. The molecule has 0 aliphatic rings. The Balaban J connectivity index is 1.63. The minimum Gasteiger partial charge on any atom is -0.493 e. The summed E-state index contributed by atoms with van der Waals surface area (Å²) in [5.41, 5.74) is 1.25. The number of benzene rings is 1. The van der Waals surface area contributed by atoms with Gasteiger partial charge >= 0.3 is 6.18 Å². The Morgan fingerprint density at radius 2 is 2.08 bits per heavy atom. The first-order chi connectivity index (χ1) is 12.3. The van der Waals surface area contributed by atoms with Gasteiger partial charge in [0.25, 0.3) is 0 Å². The zero-order chi connectivity index (χ0) is 18.7. The van der Waals surface area contributed by atoms with E-state index in [0.717, 1.165) is 17.0 Å². The minimum atomic E-state index is -4.44. The number of carbonyl (C=O) groups excluding carboxylic acids is 1. The van der Waals surface area contributed by atoms with Gasteiger partial charge in [-0.25, -0.2) is 0 Å². The highest BCUT2D eigenvalue weighted by atomic mass is 19.4. The molecule has 26 heavy (non-hydrogen) atoms. The number of pyridine rings is 1. The maximum absolute atomic E-state index is 12.5. The van der Waals surface area contributed by atoms with E-state index in [1.165, 1.54) is 19.2 Å². The fraction of sp³-hybridized carbons (Fsp3) is 0.222. The number of H-pyrrole nitrogens is 1. The molecule has 8 heteroatoms. The molecule has 5 nitrogen and oxygen atoms in total. The highest BCUT2D eigenvalue weighted by molar-refractivity contribution is 6.01. The van der Waals surface area contributed by atoms with Gasteiger partial charge in [0.15, 0.2) is 0 Å². The number of halogens is 3. The van der Waals surface area contributed by atoms with Crippen LogP contribution in [0.5, 0.6) is 5.75 Å². The molecular weight excluding hydrogens is 347 g/mol. The van der Waals surface area contributed by atoms with Crippen LogP contribution in [-0.4, -0.2) is 22.5 Å². The van der Waals surface area contributed by atoms with Crippen LogP contribution in [0.2, 0.25) is 0 Å². The lowest BCUT2D eigenvalue weighted by Gasteiger charge is -2.08. The molecule has 3 aromatic rings. The molecule has 1 amide bonds. The fourth-order valence-electron chi connectivity index (χ4n) is 2.51. The van der Waals surface area contributed by atoms with Crippen LogP contribution in [0.25, 0.3) is 10.9 Å². The first-order valence-electron chi connectivity index (χ1n) is 7.86. The highest BCUT2D eigenvalue weighted by Crippen LogP contribution is 2.28. The van der Waals surface area contributed by atoms with Crippen LogP contribution in [0, 0.1) is 0 Å². The predicted molar refractivity (Wildman–Crippen MR) is 91.0 cm³/mol. The van der Waals surface area contributed by atoms with Crippen LogP contribution >= 0.6 is 0 Å². The summed E-state index contributed by atoms with van der Waals surface area (Å²) < 4.78 is 43.1. The Morgan fingerprint density at radius 3 is 2.73 bits per heavy atom. The summed E-state index contributed by atoms with van der Waals surface area (Å²) in [7, 11) is 0. The monoisotopic (exact) mass is 363 g/mol. The minimum absolute atomic E-state index is 0.174. The van der Waals surface area contributed by atoms with Crippen molar-refractivity contribution in [2.75, 3.05) is 11.9 Å². The predicted octanol–water partition coefficient (Wildman–Crippen LogP) is 4.16. The van der Waals surface area contributed by atoms with E-state index in [1.54, 1.807) is 18.3 Å². The van der Waals surface area contributed by atoms with Gasteiger partial charge in [-0.05, 0) is 29.8 Å². The number of nitrogens with one attached hydrogen (secondary N) is 2. The maximum Gasteiger partial charge on any atom is 0.433 e. The van der Waals surface area contributed by atoms with E-state index in [9.17, 15) is 18.0 Å². The summed E-state index contributed by atoms with van der Waals surface area (Å²) in [5.74, 6) is 0.426. The number of anilines is 1. The Bertz CT molecular complexity index is 918.